The third kappa shape index (κ3) is 4.75. The molecule has 1 aliphatic heterocycles. The van der Waals surface area contributed by atoms with Crippen molar-refractivity contribution in [2.75, 3.05) is 23.9 Å². The van der Waals surface area contributed by atoms with E-state index in [4.69, 9.17) is 4.74 Å². The third-order valence-corrected chi connectivity index (χ3v) is 6.50. The average Bonchev–Trinajstić information content (AvgIpc) is 2.91. The molecular formula is C27H33N3O3. The Morgan fingerprint density at radius 1 is 1.15 bits per heavy atom. The van der Waals surface area contributed by atoms with E-state index in [1.807, 2.05) is 48.5 Å². The lowest BCUT2D eigenvalue weighted by molar-refractivity contribution is -0.120. The molecule has 1 amide bonds. The summed E-state index contributed by atoms with van der Waals surface area (Å²) in [6, 6.07) is 15.5. The monoisotopic (exact) mass is 447 g/mol. The van der Waals surface area contributed by atoms with E-state index < -0.39 is 0 Å². The molecule has 1 unspecified atom stereocenters. The summed E-state index contributed by atoms with van der Waals surface area (Å²) in [4.78, 5) is 28.5. The predicted molar refractivity (Wildman–Crippen MR) is 131 cm³/mol. The number of ketones is 1. The van der Waals surface area contributed by atoms with Crippen LogP contribution >= 0.6 is 0 Å². The number of carbonyl (C=O) groups excluding carboxylic acids is 2. The van der Waals surface area contributed by atoms with E-state index in [-0.39, 0.29) is 29.7 Å². The SMILES string of the molecule is CCC1C2=C(CC(C)(C)CC2=O)Nc2ccccc2N1CC(=O)NCc1ccccc1OC. The Hall–Kier alpha value is -3.28. The third-order valence-electron chi connectivity index (χ3n) is 6.50. The van der Waals surface area contributed by atoms with E-state index in [1.165, 1.54) is 0 Å². The van der Waals surface area contributed by atoms with E-state index in [1.54, 1.807) is 7.11 Å². The van der Waals surface area contributed by atoms with E-state index in [0.29, 0.717) is 13.0 Å². The second-order valence-corrected chi connectivity index (χ2v) is 9.62. The molecule has 1 heterocycles. The summed E-state index contributed by atoms with van der Waals surface area (Å²) < 4.78 is 5.40. The first-order valence-electron chi connectivity index (χ1n) is 11.6. The van der Waals surface area contributed by atoms with Crippen molar-refractivity contribution in [1.82, 2.24) is 5.32 Å². The van der Waals surface area contributed by atoms with Gasteiger partial charge in [-0.25, -0.2) is 0 Å². The minimum Gasteiger partial charge on any atom is -0.496 e. The Bertz CT molecular complexity index is 1090. The van der Waals surface area contributed by atoms with Gasteiger partial charge in [-0.05, 0) is 36.5 Å². The van der Waals surface area contributed by atoms with Gasteiger partial charge in [-0.1, -0.05) is 51.1 Å². The molecule has 6 nitrogen and oxygen atoms in total. The van der Waals surface area contributed by atoms with Crippen LogP contribution in [0.3, 0.4) is 0 Å². The van der Waals surface area contributed by atoms with Gasteiger partial charge < -0.3 is 20.3 Å². The summed E-state index contributed by atoms with van der Waals surface area (Å²) in [7, 11) is 1.63. The molecule has 0 spiro atoms. The van der Waals surface area contributed by atoms with E-state index in [0.717, 1.165) is 46.8 Å². The predicted octanol–water partition coefficient (Wildman–Crippen LogP) is 4.67. The highest BCUT2D eigenvalue weighted by atomic mass is 16.5. The van der Waals surface area contributed by atoms with Crippen molar-refractivity contribution in [1.29, 1.82) is 0 Å². The number of ether oxygens (including phenoxy) is 1. The van der Waals surface area contributed by atoms with E-state index in [2.05, 4.69) is 36.3 Å². The first-order valence-corrected chi connectivity index (χ1v) is 11.6. The molecule has 1 atom stereocenters. The summed E-state index contributed by atoms with van der Waals surface area (Å²) in [6.07, 6.45) is 2.07. The number of anilines is 2. The number of rotatable bonds is 6. The van der Waals surface area contributed by atoms with Gasteiger partial charge in [-0.2, -0.15) is 0 Å². The van der Waals surface area contributed by atoms with Crippen molar-refractivity contribution in [2.24, 2.45) is 5.41 Å². The van der Waals surface area contributed by atoms with Gasteiger partial charge in [0.25, 0.3) is 0 Å². The number of hydrogen-bond acceptors (Lipinski definition) is 5. The van der Waals surface area contributed by atoms with Crippen molar-refractivity contribution < 1.29 is 14.3 Å². The summed E-state index contributed by atoms with van der Waals surface area (Å²) in [5.41, 5.74) is 4.53. The highest BCUT2D eigenvalue weighted by molar-refractivity contribution is 6.01. The molecule has 0 saturated heterocycles. The number of methoxy groups -OCH3 is 1. The molecule has 0 radical (unpaired) electrons. The van der Waals surface area contributed by atoms with Crippen molar-refractivity contribution in [3.05, 3.63) is 65.4 Å². The summed E-state index contributed by atoms with van der Waals surface area (Å²) >= 11 is 0. The largest absolute Gasteiger partial charge is 0.496 e. The van der Waals surface area contributed by atoms with Crippen LogP contribution in [0.4, 0.5) is 11.4 Å². The number of nitrogens with one attached hydrogen (secondary N) is 2. The second kappa shape index (κ2) is 9.30. The van der Waals surface area contributed by atoms with Crippen molar-refractivity contribution >= 4 is 23.1 Å². The molecular weight excluding hydrogens is 414 g/mol. The Morgan fingerprint density at radius 3 is 2.64 bits per heavy atom. The molecule has 0 fully saturated rings. The number of para-hydroxylation sites is 3. The van der Waals surface area contributed by atoms with Crippen molar-refractivity contribution in [3.63, 3.8) is 0 Å². The normalized spacial score (nSPS) is 19.2. The molecule has 2 aromatic rings. The molecule has 2 aliphatic rings. The van der Waals surface area contributed by atoms with Crippen LogP contribution in [-0.2, 0) is 16.1 Å². The highest BCUT2D eigenvalue weighted by Gasteiger charge is 2.40. The second-order valence-electron chi connectivity index (χ2n) is 9.62. The lowest BCUT2D eigenvalue weighted by Crippen LogP contribution is -2.46. The summed E-state index contributed by atoms with van der Waals surface area (Å²) in [6.45, 7) is 6.90. The minimum absolute atomic E-state index is 0.0859. The van der Waals surface area contributed by atoms with Crippen molar-refractivity contribution in [2.45, 2.75) is 52.6 Å². The molecule has 4 rings (SSSR count). The van der Waals surface area contributed by atoms with Gasteiger partial charge in [0.05, 0.1) is 31.1 Å². The average molecular weight is 448 g/mol. The minimum atomic E-state index is -0.156. The van der Waals surface area contributed by atoms with E-state index >= 15 is 0 Å². The fraction of sp³-hybridized carbons (Fsp3) is 0.407. The van der Waals surface area contributed by atoms with Gasteiger partial charge in [0, 0.05) is 29.8 Å². The van der Waals surface area contributed by atoms with Crippen LogP contribution in [0.5, 0.6) is 5.75 Å². The van der Waals surface area contributed by atoms with Gasteiger partial charge in [-0.3, -0.25) is 9.59 Å². The Kier molecular flexibility index (Phi) is 6.45. The fourth-order valence-corrected chi connectivity index (χ4v) is 5.02. The maximum atomic E-state index is 13.3. The van der Waals surface area contributed by atoms with Crippen LogP contribution in [-0.4, -0.2) is 31.4 Å². The molecule has 0 saturated carbocycles. The number of hydrogen-bond donors (Lipinski definition) is 2. The van der Waals surface area contributed by atoms with Crippen LogP contribution in [0.15, 0.2) is 59.8 Å². The number of benzene rings is 2. The molecule has 0 aromatic heterocycles. The zero-order valence-electron chi connectivity index (χ0n) is 19.9. The highest BCUT2D eigenvalue weighted by Crippen LogP contribution is 2.44. The molecule has 2 aromatic carbocycles. The van der Waals surface area contributed by atoms with Gasteiger partial charge in [-0.15, -0.1) is 0 Å². The summed E-state index contributed by atoms with van der Waals surface area (Å²) in [5.74, 6) is 0.827. The lowest BCUT2D eigenvalue weighted by Gasteiger charge is -2.37. The maximum Gasteiger partial charge on any atom is 0.239 e. The Morgan fingerprint density at radius 2 is 1.88 bits per heavy atom. The quantitative estimate of drug-likeness (QED) is 0.674. The first-order chi connectivity index (χ1) is 15.8. The number of fused-ring (bicyclic) bond motifs is 1. The topological polar surface area (TPSA) is 70.7 Å². The number of nitrogens with zero attached hydrogens (tertiary/aromatic N) is 1. The van der Waals surface area contributed by atoms with Crippen LogP contribution in [0.1, 0.15) is 45.6 Å². The molecule has 0 bridgehead atoms. The smallest absolute Gasteiger partial charge is 0.239 e. The molecule has 6 heteroatoms. The van der Waals surface area contributed by atoms with Gasteiger partial charge in [0.2, 0.25) is 5.91 Å². The maximum absolute atomic E-state index is 13.3. The molecule has 174 valence electrons. The molecule has 1 aliphatic carbocycles. The first kappa shape index (κ1) is 22.9. The molecule has 33 heavy (non-hydrogen) atoms. The van der Waals surface area contributed by atoms with Crippen LogP contribution in [0.25, 0.3) is 0 Å². The standard InChI is InChI=1S/C27H33N3O3/c1-5-21-26-20(14-27(2,3)15-23(26)31)29-19-11-7-8-12-22(19)30(21)17-25(32)28-16-18-10-6-9-13-24(18)33-4/h6-13,21,29H,5,14-17H2,1-4H3,(H,28,32). The number of Topliss-reactive ketones (excluding diaryl/α,β-unsaturated/α-hetero) is 1. The number of amides is 1. The van der Waals surface area contributed by atoms with Gasteiger partial charge in [0.1, 0.15) is 5.75 Å². The summed E-state index contributed by atoms with van der Waals surface area (Å²) in [5, 5.41) is 6.59. The van der Waals surface area contributed by atoms with Gasteiger partial charge in [0.15, 0.2) is 5.78 Å². The van der Waals surface area contributed by atoms with E-state index in [9.17, 15) is 9.59 Å². The van der Waals surface area contributed by atoms with Gasteiger partial charge >= 0.3 is 0 Å². The molecule has 2 N–H and O–H groups in total. The lowest BCUT2D eigenvalue weighted by atomic mass is 9.74. The number of carbonyl (C=O) groups is 2. The van der Waals surface area contributed by atoms with Crippen molar-refractivity contribution in [3.8, 4) is 5.75 Å². The Balaban J connectivity index is 1.63. The zero-order chi connectivity index (χ0) is 23.6. The fourth-order valence-electron chi connectivity index (χ4n) is 5.02. The Labute approximate surface area is 196 Å². The van der Waals surface area contributed by atoms with Crippen LogP contribution in [0.2, 0.25) is 0 Å². The number of allylic oxidation sites excluding steroid dienone is 1. The zero-order valence-corrected chi connectivity index (χ0v) is 19.9. The van der Waals surface area contributed by atoms with Crippen LogP contribution in [0, 0.1) is 5.41 Å². The van der Waals surface area contributed by atoms with Crippen LogP contribution < -0.4 is 20.3 Å².